The molecule has 0 amide bonds. The molecule has 3 nitrogen and oxygen atoms in total. The zero-order chi connectivity index (χ0) is 12.1. The summed E-state index contributed by atoms with van der Waals surface area (Å²) in [6, 6.07) is 3.26. The van der Waals surface area contributed by atoms with Crippen molar-refractivity contribution < 1.29 is 14.0 Å². The number of nitrogens with two attached hydrogens (primary N) is 1. The van der Waals surface area contributed by atoms with Crippen LogP contribution in [0, 0.1) is 17.6 Å². The maximum absolute atomic E-state index is 13.2. The van der Waals surface area contributed by atoms with Gasteiger partial charge in [0.15, 0.2) is 0 Å². The number of nitrogens with zero attached hydrogens (tertiary/aromatic N) is 1. The van der Waals surface area contributed by atoms with E-state index in [4.69, 9.17) is 10.9 Å². The van der Waals surface area contributed by atoms with Crippen molar-refractivity contribution in [3.63, 3.8) is 0 Å². The van der Waals surface area contributed by atoms with E-state index in [1.165, 1.54) is 0 Å². The van der Waals surface area contributed by atoms with E-state index in [1.54, 1.807) is 6.92 Å². The van der Waals surface area contributed by atoms with Gasteiger partial charge in [0.25, 0.3) is 0 Å². The van der Waals surface area contributed by atoms with Gasteiger partial charge in [0.05, 0.1) is 0 Å². The van der Waals surface area contributed by atoms with Crippen molar-refractivity contribution in [3.8, 4) is 0 Å². The Balaban J connectivity index is 2.64. The summed E-state index contributed by atoms with van der Waals surface area (Å²) in [7, 11) is 0. The van der Waals surface area contributed by atoms with Crippen molar-refractivity contribution in [1.29, 1.82) is 0 Å². The molecule has 1 aromatic carbocycles. The summed E-state index contributed by atoms with van der Waals surface area (Å²) < 4.78 is 26.0. The van der Waals surface area contributed by atoms with Crippen LogP contribution in [0.25, 0.3) is 0 Å². The smallest absolute Gasteiger partial charge is 0.142 e. The third-order valence-corrected chi connectivity index (χ3v) is 3.29. The Morgan fingerprint density at radius 1 is 1.56 bits per heavy atom. The molecule has 1 unspecified atom stereocenters. The van der Waals surface area contributed by atoms with E-state index < -0.39 is 11.6 Å². The molecule has 0 saturated carbocycles. The summed E-state index contributed by atoms with van der Waals surface area (Å²) in [6.07, 6.45) is 0. The molecule has 88 valence electrons. The number of thioether (sulfide) groups is 1. The second kappa shape index (κ2) is 5.69. The lowest BCUT2D eigenvalue weighted by molar-refractivity contribution is 0.315. The highest BCUT2D eigenvalue weighted by Crippen LogP contribution is 2.24. The van der Waals surface area contributed by atoms with Crippen molar-refractivity contribution in [1.82, 2.24) is 0 Å². The number of amidine groups is 1. The quantitative estimate of drug-likeness (QED) is 0.282. The molecule has 0 aromatic heterocycles. The molecule has 0 heterocycles. The number of benzene rings is 1. The third kappa shape index (κ3) is 3.37. The minimum atomic E-state index is -0.486. The fraction of sp³-hybridized carbons (Fsp3) is 0.300. The fourth-order valence-electron chi connectivity index (χ4n) is 0.987. The van der Waals surface area contributed by atoms with Crippen LogP contribution in [-0.2, 0) is 0 Å². The normalized spacial score (nSPS) is 13.8. The van der Waals surface area contributed by atoms with Crippen molar-refractivity contribution >= 4 is 17.6 Å². The van der Waals surface area contributed by atoms with Gasteiger partial charge in [0.2, 0.25) is 0 Å². The summed E-state index contributed by atoms with van der Waals surface area (Å²) in [5, 5.41) is 11.3. The lowest BCUT2D eigenvalue weighted by atomic mass is 10.2. The molecule has 0 aliphatic heterocycles. The highest BCUT2D eigenvalue weighted by molar-refractivity contribution is 7.99. The minimum Gasteiger partial charge on any atom is -0.409 e. The zero-order valence-electron chi connectivity index (χ0n) is 8.65. The first-order valence-electron chi connectivity index (χ1n) is 4.60. The average Bonchev–Trinajstić information content (AvgIpc) is 2.28. The van der Waals surface area contributed by atoms with Crippen LogP contribution in [0.15, 0.2) is 28.3 Å². The van der Waals surface area contributed by atoms with E-state index >= 15 is 0 Å². The topological polar surface area (TPSA) is 58.6 Å². The fourth-order valence-corrected chi connectivity index (χ4v) is 1.99. The van der Waals surface area contributed by atoms with E-state index in [0.29, 0.717) is 5.75 Å². The number of rotatable bonds is 4. The van der Waals surface area contributed by atoms with Gasteiger partial charge in [-0.2, -0.15) is 0 Å². The molecule has 0 saturated heterocycles. The maximum atomic E-state index is 13.2. The summed E-state index contributed by atoms with van der Waals surface area (Å²) >= 11 is 1.13. The Morgan fingerprint density at radius 3 is 2.88 bits per heavy atom. The van der Waals surface area contributed by atoms with E-state index in [1.807, 2.05) is 0 Å². The molecule has 1 atom stereocenters. The van der Waals surface area contributed by atoms with Crippen molar-refractivity contribution in [2.45, 2.75) is 11.8 Å². The maximum Gasteiger partial charge on any atom is 0.142 e. The molecule has 0 aliphatic rings. The van der Waals surface area contributed by atoms with Gasteiger partial charge in [0.1, 0.15) is 17.5 Å². The molecule has 1 rings (SSSR count). The van der Waals surface area contributed by atoms with Crippen LogP contribution in [0.3, 0.4) is 0 Å². The highest BCUT2D eigenvalue weighted by Gasteiger charge is 2.10. The molecular weight excluding hydrogens is 234 g/mol. The van der Waals surface area contributed by atoms with E-state index in [2.05, 4.69) is 5.16 Å². The predicted octanol–water partition coefficient (Wildman–Crippen LogP) is 2.44. The number of hydrogen-bond donors (Lipinski definition) is 2. The minimum absolute atomic E-state index is 0.0734. The number of halogens is 2. The lowest BCUT2D eigenvalue weighted by Gasteiger charge is -2.09. The van der Waals surface area contributed by atoms with Gasteiger partial charge in [-0.3, -0.25) is 0 Å². The molecule has 0 aliphatic carbocycles. The van der Waals surface area contributed by atoms with Gasteiger partial charge in [-0.05, 0) is 18.2 Å². The van der Waals surface area contributed by atoms with E-state index in [0.717, 1.165) is 30.0 Å². The Bertz CT molecular complexity index is 398. The van der Waals surface area contributed by atoms with Gasteiger partial charge in [-0.1, -0.05) is 12.1 Å². The first kappa shape index (κ1) is 12.8. The third-order valence-electron chi connectivity index (χ3n) is 2.00. The summed E-state index contributed by atoms with van der Waals surface area (Å²) in [5.74, 6) is -0.684. The van der Waals surface area contributed by atoms with Crippen molar-refractivity contribution in [2.75, 3.05) is 5.75 Å². The van der Waals surface area contributed by atoms with Gasteiger partial charge >= 0.3 is 0 Å². The Labute approximate surface area is 96.3 Å². The molecule has 6 heteroatoms. The molecular formula is C10H12F2N2OS. The first-order valence-corrected chi connectivity index (χ1v) is 5.58. The monoisotopic (exact) mass is 246 g/mol. The summed E-state index contributed by atoms with van der Waals surface area (Å²) in [4.78, 5) is 0.220. The predicted molar refractivity (Wildman–Crippen MR) is 59.7 cm³/mol. The van der Waals surface area contributed by atoms with Crippen LogP contribution in [0.5, 0.6) is 0 Å². The molecule has 0 radical (unpaired) electrons. The summed E-state index contributed by atoms with van der Waals surface area (Å²) in [5.41, 5.74) is 5.37. The van der Waals surface area contributed by atoms with Gasteiger partial charge in [-0.25, -0.2) is 8.78 Å². The first-order chi connectivity index (χ1) is 7.54. The summed E-state index contributed by atoms with van der Waals surface area (Å²) in [6.45, 7) is 1.74. The Hall–Kier alpha value is -1.30. The molecule has 3 N–H and O–H groups in total. The average molecular weight is 246 g/mol. The molecule has 16 heavy (non-hydrogen) atoms. The number of hydrogen-bond acceptors (Lipinski definition) is 3. The van der Waals surface area contributed by atoms with Crippen LogP contribution in [-0.4, -0.2) is 16.8 Å². The van der Waals surface area contributed by atoms with Crippen LogP contribution in [0.4, 0.5) is 8.78 Å². The van der Waals surface area contributed by atoms with Crippen LogP contribution in [0.2, 0.25) is 0 Å². The Kier molecular flexibility index (Phi) is 4.54. The van der Waals surface area contributed by atoms with Crippen LogP contribution < -0.4 is 5.73 Å². The van der Waals surface area contributed by atoms with E-state index in [9.17, 15) is 8.78 Å². The highest BCUT2D eigenvalue weighted by atomic mass is 32.2. The van der Waals surface area contributed by atoms with E-state index in [-0.39, 0.29) is 16.6 Å². The molecule has 1 aromatic rings. The van der Waals surface area contributed by atoms with Gasteiger partial charge in [-0.15, -0.1) is 11.8 Å². The largest absolute Gasteiger partial charge is 0.409 e. The second-order valence-electron chi connectivity index (χ2n) is 3.31. The SMILES string of the molecule is CC(CSc1cc(F)ccc1F)/C(N)=N/O. The molecule has 0 fully saturated rings. The lowest BCUT2D eigenvalue weighted by Crippen LogP contribution is -2.22. The molecule has 0 bridgehead atoms. The van der Waals surface area contributed by atoms with Gasteiger partial charge < -0.3 is 10.9 Å². The van der Waals surface area contributed by atoms with Crippen LogP contribution >= 0.6 is 11.8 Å². The van der Waals surface area contributed by atoms with Crippen LogP contribution in [0.1, 0.15) is 6.92 Å². The number of oxime groups is 1. The zero-order valence-corrected chi connectivity index (χ0v) is 9.47. The van der Waals surface area contributed by atoms with Crippen molar-refractivity contribution in [2.24, 2.45) is 16.8 Å². The second-order valence-corrected chi connectivity index (χ2v) is 4.37. The van der Waals surface area contributed by atoms with Crippen molar-refractivity contribution in [3.05, 3.63) is 29.8 Å². The molecule has 0 spiro atoms. The van der Waals surface area contributed by atoms with Gasteiger partial charge in [0, 0.05) is 16.6 Å². The Morgan fingerprint density at radius 2 is 2.25 bits per heavy atom. The standard InChI is InChI=1S/C10H12F2N2OS/c1-6(10(13)14-15)5-16-9-4-7(11)2-3-8(9)12/h2-4,6,15H,5H2,1H3,(H2,13,14).